The molecule has 5 heteroatoms. The van der Waals surface area contributed by atoms with Crippen molar-refractivity contribution >= 4 is 16.9 Å². The second-order valence-electron chi connectivity index (χ2n) is 3.66. The van der Waals surface area contributed by atoms with Gasteiger partial charge in [-0.1, -0.05) is 6.07 Å². The molecule has 3 nitrogen and oxygen atoms in total. The van der Waals surface area contributed by atoms with Gasteiger partial charge in [0, 0.05) is 23.6 Å². The lowest BCUT2D eigenvalue weighted by atomic mass is 10.1. The highest BCUT2D eigenvalue weighted by Gasteiger charge is 2.07. The van der Waals surface area contributed by atoms with Crippen LogP contribution in [-0.4, -0.2) is 16.1 Å². The number of fused-ring (bicyclic) bond motifs is 1. The number of carbonyl (C=O) groups is 1. The molecule has 0 spiro atoms. The van der Waals surface area contributed by atoms with Gasteiger partial charge >= 0.3 is 5.97 Å². The molecule has 2 aromatic rings. The Hall–Kier alpha value is -2.04. The van der Waals surface area contributed by atoms with Crippen LogP contribution in [0.3, 0.4) is 0 Å². The number of rotatable bonds is 3. The number of carboxylic acids is 1. The standard InChI is InChI=1S/C12H9F2NO2/c13-8-5-7-1-2-9(3-4-11(16)17)15-12(7)10(14)6-8/h1-2,5-6H,3-4H2,(H,16,17). The van der Waals surface area contributed by atoms with Crippen LogP contribution in [0, 0.1) is 11.6 Å². The monoisotopic (exact) mass is 237 g/mol. The summed E-state index contributed by atoms with van der Waals surface area (Å²) in [6.45, 7) is 0. The van der Waals surface area contributed by atoms with Gasteiger partial charge in [-0.25, -0.2) is 13.8 Å². The fraction of sp³-hybridized carbons (Fsp3) is 0.167. The summed E-state index contributed by atoms with van der Waals surface area (Å²) in [5, 5.41) is 8.89. The van der Waals surface area contributed by atoms with Crippen molar-refractivity contribution in [2.24, 2.45) is 0 Å². The fourth-order valence-electron chi connectivity index (χ4n) is 1.57. The Kier molecular flexibility index (Phi) is 2.99. The molecule has 17 heavy (non-hydrogen) atoms. The van der Waals surface area contributed by atoms with Crippen molar-refractivity contribution in [3.63, 3.8) is 0 Å². The number of aryl methyl sites for hydroxylation is 1. The van der Waals surface area contributed by atoms with Crippen LogP contribution in [0.2, 0.25) is 0 Å². The summed E-state index contributed by atoms with van der Waals surface area (Å²) in [6, 6.07) is 5.05. The van der Waals surface area contributed by atoms with Gasteiger partial charge in [-0.3, -0.25) is 4.79 Å². The molecule has 0 amide bonds. The largest absolute Gasteiger partial charge is 0.481 e. The normalized spacial score (nSPS) is 10.7. The summed E-state index contributed by atoms with van der Waals surface area (Å²) in [7, 11) is 0. The Labute approximate surface area is 95.7 Å². The van der Waals surface area contributed by atoms with Crippen LogP contribution in [0.5, 0.6) is 0 Å². The first-order valence-corrected chi connectivity index (χ1v) is 5.03. The molecule has 1 heterocycles. The van der Waals surface area contributed by atoms with E-state index in [4.69, 9.17) is 5.11 Å². The number of benzene rings is 1. The Morgan fingerprint density at radius 1 is 1.29 bits per heavy atom. The molecule has 0 fully saturated rings. The van der Waals surface area contributed by atoms with Crippen molar-refractivity contribution in [3.8, 4) is 0 Å². The molecule has 0 aliphatic heterocycles. The third-order valence-electron chi connectivity index (χ3n) is 2.36. The highest BCUT2D eigenvalue weighted by Crippen LogP contribution is 2.18. The molecule has 0 radical (unpaired) electrons. The average molecular weight is 237 g/mol. The van der Waals surface area contributed by atoms with Crippen molar-refractivity contribution < 1.29 is 18.7 Å². The lowest BCUT2D eigenvalue weighted by Gasteiger charge is -2.03. The maximum Gasteiger partial charge on any atom is 0.303 e. The van der Waals surface area contributed by atoms with Crippen LogP contribution >= 0.6 is 0 Å². The predicted molar refractivity (Wildman–Crippen MR) is 57.6 cm³/mol. The van der Waals surface area contributed by atoms with E-state index in [1.165, 1.54) is 12.1 Å². The van der Waals surface area contributed by atoms with Gasteiger partial charge in [0.15, 0.2) is 5.82 Å². The number of carboxylic acid groups (broad SMARTS) is 1. The molecule has 1 N–H and O–H groups in total. The fourth-order valence-corrected chi connectivity index (χ4v) is 1.57. The average Bonchev–Trinajstić information content (AvgIpc) is 2.26. The van der Waals surface area contributed by atoms with Gasteiger partial charge in [0.05, 0.1) is 6.42 Å². The number of pyridine rings is 1. The van der Waals surface area contributed by atoms with Crippen LogP contribution < -0.4 is 0 Å². The van der Waals surface area contributed by atoms with Crippen LogP contribution in [0.1, 0.15) is 12.1 Å². The Morgan fingerprint density at radius 3 is 2.76 bits per heavy atom. The minimum atomic E-state index is -0.938. The van der Waals surface area contributed by atoms with Gasteiger partial charge in [-0.05, 0) is 12.1 Å². The molecular formula is C12H9F2NO2. The summed E-state index contributed by atoms with van der Waals surface area (Å²) in [5.41, 5.74) is 0.541. The molecule has 1 aromatic carbocycles. The van der Waals surface area contributed by atoms with E-state index < -0.39 is 17.6 Å². The molecule has 0 bridgehead atoms. The SMILES string of the molecule is O=C(O)CCc1ccc2cc(F)cc(F)c2n1. The number of halogens is 2. The molecule has 0 aliphatic rings. The van der Waals surface area contributed by atoms with E-state index in [0.29, 0.717) is 11.1 Å². The molecule has 2 rings (SSSR count). The lowest BCUT2D eigenvalue weighted by Crippen LogP contribution is -2.00. The number of hydrogen-bond donors (Lipinski definition) is 1. The highest BCUT2D eigenvalue weighted by atomic mass is 19.1. The first-order chi connectivity index (χ1) is 8.06. The van der Waals surface area contributed by atoms with Crippen LogP contribution in [-0.2, 0) is 11.2 Å². The first kappa shape index (κ1) is 11.4. The van der Waals surface area contributed by atoms with Crippen molar-refractivity contribution in [1.82, 2.24) is 4.98 Å². The van der Waals surface area contributed by atoms with E-state index in [1.807, 2.05) is 0 Å². The Balaban J connectivity index is 2.40. The van der Waals surface area contributed by atoms with Crippen LogP contribution in [0.4, 0.5) is 8.78 Å². The zero-order valence-electron chi connectivity index (χ0n) is 8.78. The summed E-state index contributed by atoms with van der Waals surface area (Å²) < 4.78 is 26.3. The summed E-state index contributed by atoms with van der Waals surface area (Å²) >= 11 is 0. The molecule has 0 saturated carbocycles. The molecule has 0 atom stereocenters. The van der Waals surface area contributed by atoms with Gasteiger partial charge in [-0.2, -0.15) is 0 Å². The summed E-state index contributed by atoms with van der Waals surface area (Å²) in [6.07, 6.45) is 0.156. The number of aliphatic carboxylic acids is 1. The maximum absolute atomic E-state index is 13.4. The Morgan fingerprint density at radius 2 is 2.06 bits per heavy atom. The minimum Gasteiger partial charge on any atom is -0.481 e. The zero-order chi connectivity index (χ0) is 12.4. The predicted octanol–water partition coefficient (Wildman–Crippen LogP) is 2.53. The number of nitrogens with zero attached hydrogens (tertiary/aromatic N) is 1. The minimum absolute atomic E-state index is 0.0642. The van der Waals surface area contributed by atoms with Crippen molar-refractivity contribution in [2.75, 3.05) is 0 Å². The van der Waals surface area contributed by atoms with Gasteiger partial charge in [0.2, 0.25) is 0 Å². The molecule has 88 valence electrons. The van der Waals surface area contributed by atoms with Crippen LogP contribution in [0.25, 0.3) is 10.9 Å². The molecule has 0 aliphatic carbocycles. The zero-order valence-corrected chi connectivity index (χ0v) is 8.78. The van der Waals surface area contributed by atoms with E-state index in [9.17, 15) is 13.6 Å². The van der Waals surface area contributed by atoms with E-state index in [1.54, 1.807) is 6.07 Å². The van der Waals surface area contributed by atoms with E-state index in [-0.39, 0.29) is 18.4 Å². The number of hydrogen-bond acceptors (Lipinski definition) is 2. The third-order valence-corrected chi connectivity index (χ3v) is 2.36. The lowest BCUT2D eigenvalue weighted by molar-refractivity contribution is -0.136. The van der Waals surface area contributed by atoms with Gasteiger partial charge < -0.3 is 5.11 Å². The van der Waals surface area contributed by atoms with E-state index in [2.05, 4.69) is 4.98 Å². The van der Waals surface area contributed by atoms with E-state index in [0.717, 1.165) is 6.07 Å². The van der Waals surface area contributed by atoms with Crippen LogP contribution in [0.15, 0.2) is 24.3 Å². The van der Waals surface area contributed by atoms with Crippen molar-refractivity contribution in [1.29, 1.82) is 0 Å². The highest BCUT2D eigenvalue weighted by molar-refractivity contribution is 5.79. The van der Waals surface area contributed by atoms with Gasteiger partial charge in [0.1, 0.15) is 11.3 Å². The smallest absolute Gasteiger partial charge is 0.303 e. The van der Waals surface area contributed by atoms with Gasteiger partial charge in [-0.15, -0.1) is 0 Å². The summed E-state index contributed by atoms with van der Waals surface area (Å²) in [4.78, 5) is 14.4. The molecule has 0 unspecified atom stereocenters. The third kappa shape index (κ3) is 2.55. The topological polar surface area (TPSA) is 50.2 Å². The van der Waals surface area contributed by atoms with Crippen molar-refractivity contribution in [2.45, 2.75) is 12.8 Å². The number of aromatic nitrogens is 1. The maximum atomic E-state index is 13.4. The van der Waals surface area contributed by atoms with E-state index >= 15 is 0 Å². The first-order valence-electron chi connectivity index (χ1n) is 5.03. The second-order valence-corrected chi connectivity index (χ2v) is 3.66. The molecule has 0 saturated heterocycles. The molecule has 1 aromatic heterocycles. The molecular weight excluding hydrogens is 228 g/mol. The second kappa shape index (κ2) is 4.45. The Bertz CT molecular complexity index is 584. The van der Waals surface area contributed by atoms with Gasteiger partial charge in [0.25, 0.3) is 0 Å². The quantitative estimate of drug-likeness (QED) is 0.892. The summed E-state index contributed by atoms with van der Waals surface area (Å²) in [5.74, 6) is -2.33. The van der Waals surface area contributed by atoms with Crippen molar-refractivity contribution in [3.05, 3.63) is 41.6 Å².